The van der Waals surface area contributed by atoms with E-state index in [0.29, 0.717) is 18.7 Å². The van der Waals surface area contributed by atoms with E-state index in [2.05, 4.69) is 10.6 Å². The minimum atomic E-state index is -0.538. The van der Waals surface area contributed by atoms with Gasteiger partial charge in [0.1, 0.15) is 0 Å². The van der Waals surface area contributed by atoms with Crippen molar-refractivity contribution in [3.63, 3.8) is 0 Å². The largest absolute Gasteiger partial charge is 0.494 e. The number of methoxy groups -OCH3 is 2. The van der Waals surface area contributed by atoms with Crippen LogP contribution in [0, 0.1) is 11.2 Å². The molecule has 22 heavy (non-hydrogen) atoms. The number of carbonyl (C=O) groups is 1. The molecule has 1 aliphatic rings. The van der Waals surface area contributed by atoms with Gasteiger partial charge in [0.2, 0.25) is 0 Å². The van der Waals surface area contributed by atoms with Gasteiger partial charge in [0.05, 0.1) is 13.7 Å². The van der Waals surface area contributed by atoms with Crippen molar-refractivity contribution in [2.45, 2.75) is 12.8 Å². The number of hydrogen-bond acceptors (Lipinski definition) is 4. The second-order valence-corrected chi connectivity index (χ2v) is 5.72. The van der Waals surface area contributed by atoms with Crippen LogP contribution in [0.4, 0.5) is 4.39 Å². The first-order chi connectivity index (χ1) is 10.6. The molecule has 0 unspecified atom stereocenters. The Morgan fingerprint density at radius 3 is 2.68 bits per heavy atom. The van der Waals surface area contributed by atoms with Crippen molar-refractivity contribution < 1.29 is 18.7 Å². The van der Waals surface area contributed by atoms with E-state index in [-0.39, 0.29) is 17.1 Å². The second kappa shape index (κ2) is 7.56. The van der Waals surface area contributed by atoms with Gasteiger partial charge in [-0.1, -0.05) is 0 Å². The molecular formula is C16H23FN2O3. The monoisotopic (exact) mass is 310 g/mol. The van der Waals surface area contributed by atoms with Crippen molar-refractivity contribution >= 4 is 5.91 Å². The zero-order chi connectivity index (χ0) is 16.0. The summed E-state index contributed by atoms with van der Waals surface area (Å²) in [5, 5.41) is 6.21. The first-order valence-corrected chi connectivity index (χ1v) is 7.42. The minimum Gasteiger partial charge on any atom is -0.494 e. The van der Waals surface area contributed by atoms with E-state index in [4.69, 9.17) is 9.47 Å². The SMILES string of the molecule is COCC1(CNC(=O)c2ccc(OC)c(F)c2)CCNCC1. The van der Waals surface area contributed by atoms with E-state index in [0.717, 1.165) is 25.9 Å². The summed E-state index contributed by atoms with van der Waals surface area (Å²) in [6.45, 7) is 2.95. The molecule has 5 nitrogen and oxygen atoms in total. The third kappa shape index (κ3) is 3.96. The minimum absolute atomic E-state index is 0.0549. The molecule has 0 saturated carbocycles. The molecule has 0 radical (unpaired) electrons. The number of amides is 1. The Morgan fingerprint density at radius 1 is 1.36 bits per heavy atom. The van der Waals surface area contributed by atoms with Gasteiger partial charge in [0, 0.05) is 24.6 Å². The van der Waals surface area contributed by atoms with Crippen LogP contribution in [-0.2, 0) is 4.74 Å². The summed E-state index contributed by atoms with van der Waals surface area (Å²) in [6, 6.07) is 4.21. The quantitative estimate of drug-likeness (QED) is 0.837. The number of rotatable bonds is 6. The van der Waals surface area contributed by atoms with Gasteiger partial charge >= 0.3 is 0 Å². The molecule has 122 valence electrons. The van der Waals surface area contributed by atoms with Gasteiger partial charge in [-0.2, -0.15) is 0 Å². The maximum Gasteiger partial charge on any atom is 0.251 e. The zero-order valence-electron chi connectivity index (χ0n) is 13.1. The lowest BCUT2D eigenvalue weighted by Crippen LogP contribution is -2.47. The summed E-state index contributed by atoms with van der Waals surface area (Å²) in [5.74, 6) is -0.690. The number of nitrogens with one attached hydrogen (secondary N) is 2. The predicted octanol–water partition coefficient (Wildman–Crippen LogP) is 1.58. The zero-order valence-corrected chi connectivity index (χ0v) is 13.1. The highest BCUT2D eigenvalue weighted by Crippen LogP contribution is 2.28. The highest BCUT2D eigenvalue weighted by molar-refractivity contribution is 5.94. The van der Waals surface area contributed by atoms with Gasteiger partial charge < -0.3 is 20.1 Å². The molecule has 1 aromatic carbocycles. The Labute approximate surface area is 130 Å². The van der Waals surface area contributed by atoms with E-state index in [1.54, 1.807) is 13.2 Å². The lowest BCUT2D eigenvalue weighted by atomic mass is 9.79. The summed E-state index contributed by atoms with van der Waals surface area (Å²) in [7, 11) is 3.06. The summed E-state index contributed by atoms with van der Waals surface area (Å²) in [5.41, 5.74) is 0.237. The van der Waals surface area contributed by atoms with Gasteiger partial charge in [0.25, 0.3) is 5.91 Å². The summed E-state index contributed by atoms with van der Waals surface area (Å²) >= 11 is 0. The van der Waals surface area contributed by atoms with Crippen LogP contribution in [0.15, 0.2) is 18.2 Å². The van der Waals surface area contributed by atoms with Crippen molar-refractivity contribution in [1.82, 2.24) is 10.6 Å². The van der Waals surface area contributed by atoms with Crippen LogP contribution in [0.3, 0.4) is 0 Å². The second-order valence-electron chi connectivity index (χ2n) is 5.72. The third-order valence-electron chi connectivity index (χ3n) is 4.15. The Hall–Kier alpha value is -1.66. The molecular weight excluding hydrogens is 287 g/mol. The summed E-state index contributed by atoms with van der Waals surface area (Å²) in [6.07, 6.45) is 1.89. The molecule has 2 N–H and O–H groups in total. The Morgan fingerprint density at radius 2 is 2.09 bits per heavy atom. The number of benzene rings is 1. The first kappa shape index (κ1) is 16.7. The molecule has 0 aliphatic carbocycles. The molecule has 1 saturated heterocycles. The molecule has 1 heterocycles. The van der Waals surface area contributed by atoms with Gasteiger partial charge in [0.15, 0.2) is 11.6 Å². The Balaban J connectivity index is 2.00. The standard InChI is InChI=1S/C16H23FN2O3/c1-21-11-16(5-7-18-8-6-16)10-19-15(20)12-3-4-14(22-2)13(17)9-12/h3-4,9,18H,5-8,10-11H2,1-2H3,(H,19,20). The fourth-order valence-electron chi connectivity index (χ4n) is 2.81. The number of halogens is 1. The topological polar surface area (TPSA) is 59.6 Å². The van der Waals surface area contributed by atoms with Gasteiger partial charge in [-0.25, -0.2) is 4.39 Å². The van der Waals surface area contributed by atoms with Crippen LogP contribution >= 0.6 is 0 Å². The maximum atomic E-state index is 13.7. The molecule has 0 atom stereocenters. The normalized spacial score (nSPS) is 17.0. The lowest BCUT2D eigenvalue weighted by molar-refractivity contribution is 0.0511. The van der Waals surface area contributed by atoms with E-state index in [1.165, 1.54) is 19.2 Å². The molecule has 2 rings (SSSR count). The van der Waals surface area contributed by atoms with E-state index in [1.807, 2.05) is 0 Å². The van der Waals surface area contributed by atoms with Gasteiger partial charge in [-0.15, -0.1) is 0 Å². The lowest BCUT2D eigenvalue weighted by Gasteiger charge is -2.37. The first-order valence-electron chi connectivity index (χ1n) is 7.42. The van der Waals surface area contributed by atoms with E-state index >= 15 is 0 Å². The van der Waals surface area contributed by atoms with Gasteiger partial charge in [-0.3, -0.25) is 4.79 Å². The smallest absolute Gasteiger partial charge is 0.251 e. The number of hydrogen-bond donors (Lipinski definition) is 2. The van der Waals surface area contributed by atoms with Crippen molar-refractivity contribution in [2.75, 3.05) is 40.5 Å². The van der Waals surface area contributed by atoms with Crippen LogP contribution in [0.5, 0.6) is 5.75 Å². The number of ether oxygens (including phenoxy) is 2. The Bertz CT molecular complexity index is 511. The van der Waals surface area contributed by atoms with Crippen molar-refractivity contribution in [3.05, 3.63) is 29.6 Å². The van der Waals surface area contributed by atoms with Crippen LogP contribution < -0.4 is 15.4 Å². The van der Waals surface area contributed by atoms with Crippen molar-refractivity contribution in [1.29, 1.82) is 0 Å². The molecule has 1 aliphatic heterocycles. The fraction of sp³-hybridized carbons (Fsp3) is 0.562. The van der Waals surface area contributed by atoms with Crippen molar-refractivity contribution in [3.8, 4) is 5.75 Å². The van der Waals surface area contributed by atoms with E-state index < -0.39 is 5.82 Å². The molecule has 1 aromatic rings. The number of piperidine rings is 1. The highest BCUT2D eigenvalue weighted by Gasteiger charge is 2.32. The molecule has 0 bridgehead atoms. The highest BCUT2D eigenvalue weighted by atomic mass is 19.1. The molecule has 0 aromatic heterocycles. The van der Waals surface area contributed by atoms with Gasteiger partial charge in [-0.05, 0) is 44.1 Å². The molecule has 1 amide bonds. The summed E-state index contributed by atoms with van der Waals surface area (Å²) < 4.78 is 23.8. The van der Waals surface area contributed by atoms with Crippen LogP contribution in [0.2, 0.25) is 0 Å². The molecule has 6 heteroatoms. The van der Waals surface area contributed by atoms with Crippen molar-refractivity contribution in [2.24, 2.45) is 5.41 Å². The summed E-state index contributed by atoms with van der Waals surface area (Å²) in [4.78, 5) is 12.2. The third-order valence-corrected chi connectivity index (χ3v) is 4.15. The average molecular weight is 310 g/mol. The van der Waals surface area contributed by atoms with Crippen LogP contribution in [0.25, 0.3) is 0 Å². The van der Waals surface area contributed by atoms with Crippen LogP contribution in [-0.4, -0.2) is 46.4 Å². The molecule has 1 fully saturated rings. The fourth-order valence-corrected chi connectivity index (χ4v) is 2.81. The predicted molar refractivity (Wildman–Crippen MR) is 81.7 cm³/mol. The Kier molecular flexibility index (Phi) is 5.74. The maximum absolute atomic E-state index is 13.7. The average Bonchev–Trinajstić information content (AvgIpc) is 2.54. The van der Waals surface area contributed by atoms with Crippen LogP contribution in [0.1, 0.15) is 23.2 Å². The number of carbonyl (C=O) groups excluding carboxylic acids is 1. The molecule has 0 spiro atoms. The van der Waals surface area contributed by atoms with E-state index in [9.17, 15) is 9.18 Å².